The number of hydrogen-bond donors (Lipinski definition) is 0. The van der Waals surface area contributed by atoms with Crippen molar-refractivity contribution in [2.24, 2.45) is 0 Å². The summed E-state index contributed by atoms with van der Waals surface area (Å²) < 4.78 is 51.6. The minimum absolute atomic E-state index is 0.118. The lowest BCUT2D eigenvalue weighted by Gasteiger charge is -2.30. The third-order valence-electron chi connectivity index (χ3n) is 5.97. The number of hydrogen-bond acceptors (Lipinski definition) is 7. The van der Waals surface area contributed by atoms with Crippen LogP contribution in [-0.2, 0) is 21.0 Å². The Bertz CT molecular complexity index is 1340. The lowest BCUT2D eigenvalue weighted by Crippen LogP contribution is -2.28. The average molecular weight is 517 g/mol. The third kappa shape index (κ3) is 3.93. The molecule has 9 heteroatoms. The standard InChI is InChI=1S/C24H20O5S4/c25-32-22-4-2-1-3-17(22)28-13-23(32)16-5-7-18-24(12-16)33(26,27)14-19(29-18)15-6-8-20-21(11-15)31-10-9-30-20/h1-8,11-12,19,23H,9-10,13-14H2. The van der Waals surface area contributed by atoms with Crippen molar-refractivity contribution >= 4 is 44.5 Å². The molecule has 6 rings (SSSR count). The van der Waals surface area contributed by atoms with Gasteiger partial charge in [-0.3, -0.25) is 0 Å². The zero-order chi connectivity index (χ0) is 22.6. The maximum absolute atomic E-state index is 13.3. The van der Waals surface area contributed by atoms with Crippen LogP contribution in [0.2, 0.25) is 0 Å². The van der Waals surface area contributed by atoms with Crippen molar-refractivity contribution in [3.8, 4) is 11.5 Å². The molecule has 3 atom stereocenters. The molecule has 0 aliphatic carbocycles. The highest BCUT2D eigenvalue weighted by Gasteiger charge is 2.38. The van der Waals surface area contributed by atoms with Crippen LogP contribution in [0.15, 0.2) is 80.2 Å². The van der Waals surface area contributed by atoms with Gasteiger partial charge in [-0.2, -0.15) is 0 Å². The molecule has 33 heavy (non-hydrogen) atoms. The third-order valence-corrected chi connectivity index (χ3v) is 11.9. The number of rotatable bonds is 2. The minimum atomic E-state index is -3.58. The molecule has 0 saturated carbocycles. The first-order valence-electron chi connectivity index (χ1n) is 10.5. The number of para-hydroxylation sites is 1. The fourth-order valence-electron chi connectivity index (χ4n) is 4.30. The molecule has 170 valence electrons. The van der Waals surface area contributed by atoms with Gasteiger partial charge >= 0.3 is 0 Å². The molecule has 0 aromatic heterocycles. The number of sulfone groups is 1. The second-order valence-electron chi connectivity index (χ2n) is 8.04. The largest absolute Gasteiger partial charge is 0.611 e. The molecule has 0 N–H and O–H groups in total. The van der Waals surface area contributed by atoms with Crippen LogP contribution in [0.25, 0.3) is 0 Å². The molecule has 5 nitrogen and oxygen atoms in total. The van der Waals surface area contributed by atoms with Gasteiger partial charge in [0.1, 0.15) is 23.4 Å². The van der Waals surface area contributed by atoms with Gasteiger partial charge in [-0.05, 0) is 42.0 Å². The van der Waals surface area contributed by atoms with E-state index in [4.69, 9.17) is 9.47 Å². The van der Waals surface area contributed by atoms with E-state index >= 15 is 0 Å². The molecule has 0 radical (unpaired) electrons. The van der Waals surface area contributed by atoms with E-state index in [1.165, 1.54) is 9.79 Å². The second kappa shape index (κ2) is 8.46. The summed E-state index contributed by atoms with van der Waals surface area (Å²) in [6.07, 6.45) is -0.551. The highest BCUT2D eigenvalue weighted by Crippen LogP contribution is 2.44. The van der Waals surface area contributed by atoms with E-state index < -0.39 is 32.4 Å². The van der Waals surface area contributed by atoms with Gasteiger partial charge in [0.2, 0.25) is 0 Å². The lowest BCUT2D eigenvalue weighted by molar-refractivity contribution is 0.214. The summed E-state index contributed by atoms with van der Waals surface area (Å²) in [7, 11) is -3.58. The highest BCUT2D eigenvalue weighted by molar-refractivity contribution is 8.05. The summed E-state index contributed by atoms with van der Waals surface area (Å²) in [6, 6.07) is 18.4. The van der Waals surface area contributed by atoms with Crippen LogP contribution in [0.5, 0.6) is 11.5 Å². The Hall–Kier alpha value is -1.78. The smallest absolute Gasteiger partial charge is 0.195 e. The zero-order valence-corrected chi connectivity index (χ0v) is 20.7. The Morgan fingerprint density at radius 2 is 1.70 bits per heavy atom. The fourth-order valence-corrected chi connectivity index (χ4v) is 9.56. The van der Waals surface area contributed by atoms with Crippen molar-refractivity contribution in [3.63, 3.8) is 0 Å². The molecule has 3 aromatic carbocycles. The van der Waals surface area contributed by atoms with Gasteiger partial charge in [0.05, 0.1) is 5.75 Å². The summed E-state index contributed by atoms with van der Waals surface area (Å²) in [5, 5.41) is -0.437. The molecule has 0 amide bonds. The normalized spacial score (nSPS) is 25.1. The number of benzene rings is 3. The van der Waals surface area contributed by atoms with E-state index in [1.54, 1.807) is 42.1 Å². The average Bonchev–Trinajstić information content (AvgIpc) is 2.84. The van der Waals surface area contributed by atoms with E-state index in [1.807, 2.05) is 30.0 Å². The molecular weight excluding hydrogens is 497 g/mol. The van der Waals surface area contributed by atoms with E-state index in [0.717, 1.165) is 17.1 Å². The van der Waals surface area contributed by atoms with E-state index in [9.17, 15) is 13.0 Å². The van der Waals surface area contributed by atoms with Gasteiger partial charge in [0.15, 0.2) is 25.7 Å². The Morgan fingerprint density at radius 3 is 2.58 bits per heavy atom. The maximum atomic E-state index is 13.3. The number of ether oxygens (including phenoxy) is 2. The maximum Gasteiger partial charge on any atom is 0.195 e. The minimum Gasteiger partial charge on any atom is -0.611 e. The first-order chi connectivity index (χ1) is 16.0. The van der Waals surface area contributed by atoms with Gasteiger partial charge in [0.25, 0.3) is 0 Å². The van der Waals surface area contributed by atoms with Crippen LogP contribution >= 0.6 is 23.5 Å². The van der Waals surface area contributed by atoms with Crippen LogP contribution in [0.4, 0.5) is 0 Å². The molecule has 3 unspecified atom stereocenters. The predicted molar refractivity (Wildman–Crippen MR) is 131 cm³/mol. The van der Waals surface area contributed by atoms with Crippen LogP contribution in [0.3, 0.4) is 0 Å². The molecule has 3 aliphatic rings. The molecule has 3 aromatic rings. The van der Waals surface area contributed by atoms with Crippen molar-refractivity contribution in [3.05, 3.63) is 71.8 Å². The molecule has 3 aliphatic heterocycles. The Balaban J connectivity index is 1.31. The van der Waals surface area contributed by atoms with Crippen LogP contribution in [0.1, 0.15) is 22.5 Å². The summed E-state index contributed by atoms with van der Waals surface area (Å²) in [6.45, 7) is 0.233. The van der Waals surface area contributed by atoms with Crippen molar-refractivity contribution in [1.29, 1.82) is 0 Å². The first kappa shape index (κ1) is 21.7. The number of fused-ring (bicyclic) bond motifs is 3. The second-order valence-corrected chi connectivity index (χ2v) is 13.9. The Morgan fingerprint density at radius 1 is 0.909 bits per heavy atom. The van der Waals surface area contributed by atoms with Crippen molar-refractivity contribution in [1.82, 2.24) is 0 Å². The van der Waals surface area contributed by atoms with Crippen LogP contribution in [0, 0.1) is 0 Å². The van der Waals surface area contributed by atoms with Crippen molar-refractivity contribution < 1.29 is 22.4 Å². The van der Waals surface area contributed by atoms with Gasteiger partial charge in [-0.1, -0.05) is 24.3 Å². The van der Waals surface area contributed by atoms with E-state index in [0.29, 0.717) is 22.0 Å². The molecular formula is C24H20O5S4. The highest BCUT2D eigenvalue weighted by atomic mass is 32.2. The van der Waals surface area contributed by atoms with Gasteiger partial charge < -0.3 is 14.0 Å². The lowest BCUT2D eigenvalue weighted by atomic mass is 10.1. The van der Waals surface area contributed by atoms with Gasteiger partial charge in [0, 0.05) is 38.0 Å². The van der Waals surface area contributed by atoms with Crippen molar-refractivity contribution in [2.75, 3.05) is 23.9 Å². The monoisotopic (exact) mass is 516 g/mol. The number of thioether (sulfide) groups is 2. The summed E-state index contributed by atoms with van der Waals surface area (Å²) >= 11 is 2.29. The quantitative estimate of drug-likeness (QED) is 0.442. The summed E-state index contributed by atoms with van der Waals surface area (Å²) in [5.41, 5.74) is 1.55. The molecule has 0 fully saturated rings. The predicted octanol–water partition coefficient (Wildman–Crippen LogP) is 5.03. The van der Waals surface area contributed by atoms with E-state index in [-0.39, 0.29) is 17.3 Å². The van der Waals surface area contributed by atoms with Gasteiger partial charge in [-0.25, -0.2) is 8.42 Å². The topological polar surface area (TPSA) is 75.7 Å². The van der Waals surface area contributed by atoms with Crippen LogP contribution < -0.4 is 9.47 Å². The Labute approximate surface area is 204 Å². The molecule has 0 saturated heterocycles. The van der Waals surface area contributed by atoms with Crippen LogP contribution in [-0.4, -0.2) is 36.8 Å². The Kier molecular flexibility index (Phi) is 5.57. The fraction of sp³-hybridized carbons (Fsp3) is 0.250. The summed E-state index contributed by atoms with van der Waals surface area (Å²) in [4.78, 5) is 3.22. The zero-order valence-electron chi connectivity index (χ0n) is 17.4. The molecule has 0 spiro atoms. The molecule has 3 heterocycles. The van der Waals surface area contributed by atoms with Crippen molar-refractivity contribution in [2.45, 2.75) is 30.9 Å². The van der Waals surface area contributed by atoms with Gasteiger partial charge in [-0.15, -0.1) is 23.5 Å². The first-order valence-corrected chi connectivity index (χ1v) is 15.4. The SMILES string of the molecule is O=S1(=O)CC(c2ccc3c(c2)SCCS3)Oc2ccc(C3COc4ccccc4[S+]3[O-])cc21. The van der Waals surface area contributed by atoms with E-state index in [2.05, 4.69) is 12.1 Å². The summed E-state index contributed by atoms with van der Waals surface area (Å²) in [5.74, 6) is 2.98. The molecule has 0 bridgehead atoms.